The number of rotatable bonds is 4. The van der Waals surface area contributed by atoms with Crippen molar-refractivity contribution in [1.82, 2.24) is 9.78 Å². The Hall–Kier alpha value is -3.28. The molecule has 6 nitrogen and oxygen atoms in total. The van der Waals surface area contributed by atoms with Crippen LogP contribution in [0.15, 0.2) is 60.7 Å². The molecular formula is C22H26N4O2. The molecule has 0 atom stereocenters. The Bertz CT molecular complexity index is 954. The maximum Gasteiger partial charge on any atom is 0.417 e. The lowest BCUT2D eigenvalue weighted by Gasteiger charge is -2.20. The van der Waals surface area contributed by atoms with Crippen LogP contribution < -0.4 is 9.80 Å². The summed E-state index contributed by atoms with van der Waals surface area (Å²) in [7, 11) is 3.96. The lowest BCUT2D eigenvalue weighted by molar-refractivity contribution is 0.204. The topological polar surface area (TPSA) is 61.6 Å². The van der Waals surface area contributed by atoms with Gasteiger partial charge in [-0.05, 0) is 36.4 Å². The summed E-state index contributed by atoms with van der Waals surface area (Å²) in [4.78, 5) is 15.4. The second kappa shape index (κ2) is 7.38. The third kappa shape index (κ3) is 3.86. The van der Waals surface area contributed by atoms with E-state index in [1.807, 2.05) is 67.5 Å². The van der Waals surface area contributed by atoms with E-state index in [4.69, 9.17) is 5.10 Å². The Morgan fingerprint density at radius 3 is 2.07 bits per heavy atom. The van der Waals surface area contributed by atoms with Gasteiger partial charge in [-0.15, -0.1) is 0 Å². The predicted molar refractivity (Wildman–Crippen MR) is 113 cm³/mol. The Morgan fingerprint density at radius 2 is 1.57 bits per heavy atom. The maximum absolute atomic E-state index is 12.2. The van der Waals surface area contributed by atoms with Crippen LogP contribution in [0, 0.1) is 0 Å². The normalized spacial score (nSPS) is 11.3. The molecule has 6 heteroatoms. The fourth-order valence-corrected chi connectivity index (χ4v) is 2.90. The van der Waals surface area contributed by atoms with Crippen molar-refractivity contribution < 1.29 is 9.90 Å². The number of amides is 1. The average Bonchev–Trinajstić information content (AvgIpc) is 3.08. The van der Waals surface area contributed by atoms with E-state index in [-0.39, 0.29) is 5.41 Å². The molecular weight excluding hydrogens is 352 g/mol. The zero-order chi connectivity index (χ0) is 20.5. The van der Waals surface area contributed by atoms with Gasteiger partial charge in [0.15, 0.2) is 0 Å². The zero-order valence-electron chi connectivity index (χ0n) is 16.9. The lowest BCUT2D eigenvalue weighted by Crippen LogP contribution is -2.26. The van der Waals surface area contributed by atoms with Crippen LogP contribution in [0.25, 0.3) is 5.69 Å². The first kappa shape index (κ1) is 19.5. The molecule has 0 radical (unpaired) electrons. The van der Waals surface area contributed by atoms with Crippen molar-refractivity contribution >= 4 is 23.3 Å². The van der Waals surface area contributed by atoms with Crippen LogP contribution in [0.1, 0.15) is 26.5 Å². The molecule has 0 fully saturated rings. The van der Waals surface area contributed by atoms with Gasteiger partial charge in [0.1, 0.15) is 5.82 Å². The molecule has 3 aromatic rings. The van der Waals surface area contributed by atoms with E-state index in [0.29, 0.717) is 11.5 Å². The minimum absolute atomic E-state index is 0.218. The fraction of sp³-hybridized carbons (Fsp3) is 0.273. The van der Waals surface area contributed by atoms with Gasteiger partial charge in [-0.25, -0.2) is 14.4 Å². The van der Waals surface area contributed by atoms with E-state index >= 15 is 0 Å². The number of benzene rings is 2. The molecule has 2 aromatic carbocycles. The third-order valence-electron chi connectivity index (χ3n) is 4.50. The van der Waals surface area contributed by atoms with E-state index in [0.717, 1.165) is 17.1 Å². The summed E-state index contributed by atoms with van der Waals surface area (Å²) in [5.41, 5.74) is 3.04. The summed E-state index contributed by atoms with van der Waals surface area (Å²) in [6.07, 6.45) is -1.06. The van der Waals surface area contributed by atoms with Crippen LogP contribution in [-0.2, 0) is 5.41 Å². The van der Waals surface area contributed by atoms with Gasteiger partial charge in [-0.3, -0.25) is 0 Å². The Kier molecular flexibility index (Phi) is 5.14. The van der Waals surface area contributed by atoms with Crippen molar-refractivity contribution in [3.05, 3.63) is 66.4 Å². The molecule has 1 N–H and O–H groups in total. The number of carbonyl (C=O) groups is 1. The van der Waals surface area contributed by atoms with Gasteiger partial charge in [0.25, 0.3) is 0 Å². The summed E-state index contributed by atoms with van der Waals surface area (Å²) < 4.78 is 1.70. The number of hydrogen-bond acceptors (Lipinski definition) is 3. The highest BCUT2D eigenvalue weighted by molar-refractivity contribution is 5.94. The van der Waals surface area contributed by atoms with E-state index in [2.05, 4.69) is 20.8 Å². The average molecular weight is 378 g/mol. The first-order chi connectivity index (χ1) is 13.2. The fourth-order valence-electron chi connectivity index (χ4n) is 2.90. The van der Waals surface area contributed by atoms with E-state index in [1.165, 1.54) is 4.90 Å². The van der Waals surface area contributed by atoms with Crippen LogP contribution in [0.2, 0.25) is 0 Å². The van der Waals surface area contributed by atoms with Gasteiger partial charge >= 0.3 is 6.09 Å². The summed E-state index contributed by atoms with van der Waals surface area (Å²) in [5, 5.41) is 14.7. The van der Waals surface area contributed by atoms with Gasteiger partial charge in [-0.2, -0.15) is 5.10 Å². The minimum Gasteiger partial charge on any atom is -0.464 e. The van der Waals surface area contributed by atoms with Crippen LogP contribution >= 0.6 is 0 Å². The molecule has 3 rings (SSSR count). The smallest absolute Gasteiger partial charge is 0.417 e. The molecule has 0 aliphatic rings. The lowest BCUT2D eigenvalue weighted by atomic mass is 9.92. The molecule has 0 aliphatic carbocycles. The molecule has 0 saturated heterocycles. The van der Waals surface area contributed by atoms with Crippen LogP contribution in [0.4, 0.5) is 22.0 Å². The van der Waals surface area contributed by atoms with Gasteiger partial charge in [-0.1, -0.05) is 39.0 Å². The standard InChI is InChI=1S/C22H26N4O2/c1-22(2,3)19-15-20(25(21(27)28)17-9-7-6-8-10-17)26(23-19)18-13-11-16(12-14-18)24(4)5/h6-15H,1-5H3,(H,27,28). The number of carboxylic acid groups (broad SMARTS) is 1. The molecule has 146 valence electrons. The van der Waals surface area contributed by atoms with Gasteiger partial charge < -0.3 is 10.0 Å². The summed E-state index contributed by atoms with van der Waals surface area (Å²) >= 11 is 0. The van der Waals surface area contributed by atoms with Crippen LogP contribution in [-0.4, -0.2) is 35.1 Å². The molecule has 1 heterocycles. The molecule has 1 aromatic heterocycles. The number of aromatic nitrogens is 2. The molecule has 0 aliphatic heterocycles. The molecule has 0 spiro atoms. The maximum atomic E-state index is 12.2. The SMILES string of the molecule is CN(C)c1ccc(-n2nc(C(C)(C)C)cc2N(C(=O)O)c2ccccc2)cc1. The third-order valence-corrected chi connectivity index (χ3v) is 4.50. The minimum atomic E-state index is -1.06. The second-order valence-electron chi connectivity index (χ2n) is 7.91. The van der Waals surface area contributed by atoms with Crippen molar-refractivity contribution in [3.63, 3.8) is 0 Å². The highest BCUT2D eigenvalue weighted by atomic mass is 16.4. The first-order valence-electron chi connectivity index (χ1n) is 9.15. The van der Waals surface area contributed by atoms with Crippen molar-refractivity contribution in [2.75, 3.05) is 23.9 Å². The molecule has 0 unspecified atom stereocenters. The van der Waals surface area contributed by atoms with Crippen LogP contribution in [0.3, 0.4) is 0 Å². The second-order valence-corrected chi connectivity index (χ2v) is 7.91. The van der Waals surface area contributed by atoms with Crippen molar-refractivity contribution in [1.29, 1.82) is 0 Å². The number of para-hydroxylation sites is 1. The van der Waals surface area contributed by atoms with Crippen molar-refractivity contribution in [3.8, 4) is 5.69 Å². The van der Waals surface area contributed by atoms with Crippen molar-refractivity contribution in [2.45, 2.75) is 26.2 Å². The number of anilines is 3. The molecule has 0 saturated carbocycles. The largest absolute Gasteiger partial charge is 0.464 e. The van der Waals surface area contributed by atoms with E-state index in [9.17, 15) is 9.90 Å². The Labute approximate surface area is 165 Å². The van der Waals surface area contributed by atoms with Gasteiger partial charge in [0.05, 0.1) is 17.1 Å². The zero-order valence-corrected chi connectivity index (χ0v) is 16.9. The van der Waals surface area contributed by atoms with Crippen LogP contribution in [0.5, 0.6) is 0 Å². The quantitative estimate of drug-likeness (QED) is 0.690. The van der Waals surface area contributed by atoms with Crippen molar-refractivity contribution in [2.24, 2.45) is 0 Å². The van der Waals surface area contributed by atoms with Gasteiger partial charge in [0.2, 0.25) is 0 Å². The molecule has 1 amide bonds. The Balaban J connectivity index is 2.19. The first-order valence-corrected chi connectivity index (χ1v) is 9.15. The number of hydrogen-bond donors (Lipinski definition) is 1. The summed E-state index contributed by atoms with van der Waals surface area (Å²) in [5.74, 6) is 0.487. The van der Waals surface area contributed by atoms with E-state index in [1.54, 1.807) is 16.8 Å². The predicted octanol–water partition coefficient (Wildman–Crippen LogP) is 5.05. The molecule has 0 bridgehead atoms. The highest BCUT2D eigenvalue weighted by Crippen LogP contribution is 2.33. The monoisotopic (exact) mass is 378 g/mol. The van der Waals surface area contributed by atoms with Gasteiger partial charge in [0, 0.05) is 31.3 Å². The molecule has 28 heavy (non-hydrogen) atoms. The number of nitrogens with zero attached hydrogens (tertiary/aromatic N) is 4. The van der Waals surface area contributed by atoms with E-state index < -0.39 is 6.09 Å². The summed E-state index contributed by atoms with van der Waals surface area (Å²) in [6, 6.07) is 18.8. The Morgan fingerprint density at radius 1 is 0.964 bits per heavy atom. The summed E-state index contributed by atoms with van der Waals surface area (Å²) in [6.45, 7) is 6.19. The highest BCUT2D eigenvalue weighted by Gasteiger charge is 2.27.